The van der Waals surface area contributed by atoms with E-state index >= 15 is 0 Å². The summed E-state index contributed by atoms with van der Waals surface area (Å²) in [4.78, 5) is 40.8. The minimum absolute atomic E-state index is 0.198. The van der Waals surface area contributed by atoms with Gasteiger partial charge >= 0.3 is 12.1 Å². The van der Waals surface area contributed by atoms with Crippen molar-refractivity contribution in [2.75, 3.05) is 6.54 Å². The Morgan fingerprint density at radius 2 is 1.97 bits per heavy atom. The second kappa shape index (κ2) is 7.82. The number of rotatable bonds is 4. The molecule has 4 N–H and O–H groups in total. The Kier molecular flexibility index (Phi) is 5.76. The number of primary amides is 1. The lowest BCUT2D eigenvalue weighted by atomic mass is 9.84. The maximum atomic E-state index is 13.2. The van der Waals surface area contributed by atoms with Gasteiger partial charge in [0.25, 0.3) is 0 Å². The number of β-amino-alcohol motifs (C(OH)–C–C–N with tert-alkyl or cyclic N) is 1. The van der Waals surface area contributed by atoms with Gasteiger partial charge in [-0.15, -0.1) is 0 Å². The number of hydrogen-bond acceptors (Lipinski definition) is 4. The first-order chi connectivity index (χ1) is 13.5. The monoisotopic (exact) mass is 404 g/mol. The summed E-state index contributed by atoms with van der Waals surface area (Å²) in [7, 11) is 0. The molecule has 8 heteroatoms. The molecule has 0 aromatic rings. The van der Waals surface area contributed by atoms with Crippen LogP contribution in [0, 0.1) is 5.41 Å². The molecule has 29 heavy (non-hydrogen) atoms. The van der Waals surface area contributed by atoms with Crippen LogP contribution in [0.1, 0.15) is 59.3 Å². The molecule has 1 heterocycles. The average Bonchev–Trinajstić information content (AvgIpc) is 2.90. The number of amides is 5. The van der Waals surface area contributed by atoms with Gasteiger partial charge in [0.2, 0.25) is 5.91 Å². The molecular weight excluding hydrogens is 372 g/mol. The van der Waals surface area contributed by atoms with E-state index in [1.165, 1.54) is 0 Å². The maximum Gasteiger partial charge on any atom is 0.333 e. The first-order valence-electron chi connectivity index (χ1n) is 10.3. The molecule has 1 saturated heterocycles. The summed E-state index contributed by atoms with van der Waals surface area (Å²) in [6.45, 7) is 5.59. The van der Waals surface area contributed by atoms with Gasteiger partial charge in [-0.05, 0) is 30.8 Å². The summed E-state index contributed by atoms with van der Waals surface area (Å²) < 4.78 is 0. The third kappa shape index (κ3) is 4.32. The van der Waals surface area contributed by atoms with Gasteiger partial charge in [0.15, 0.2) is 0 Å². The van der Waals surface area contributed by atoms with Crippen molar-refractivity contribution in [3.63, 3.8) is 0 Å². The molecule has 2 aliphatic carbocycles. The molecule has 160 valence electrons. The molecule has 0 aromatic heterocycles. The predicted molar refractivity (Wildman–Crippen MR) is 109 cm³/mol. The Labute approximate surface area is 171 Å². The highest BCUT2D eigenvalue weighted by Gasteiger charge is 2.48. The number of allylic oxidation sites excluding steroid dienone is 2. The van der Waals surface area contributed by atoms with Crippen LogP contribution in [-0.4, -0.2) is 57.1 Å². The van der Waals surface area contributed by atoms with Crippen molar-refractivity contribution in [3.05, 3.63) is 23.9 Å². The molecule has 2 fully saturated rings. The number of nitrogens with zero attached hydrogens (tertiary/aromatic N) is 2. The number of imide groups is 1. The lowest BCUT2D eigenvalue weighted by molar-refractivity contribution is -0.122. The van der Waals surface area contributed by atoms with Crippen LogP contribution in [0.4, 0.5) is 9.59 Å². The van der Waals surface area contributed by atoms with Gasteiger partial charge in [0, 0.05) is 0 Å². The van der Waals surface area contributed by atoms with Crippen molar-refractivity contribution in [2.45, 2.75) is 77.0 Å². The van der Waals surface area contributed by atoms with Crippen LogP contribution in [-0.2, 0) is 4.79 Å². The van der Waals surface area contributed by atoms with Gasteiger partial charge in [-0.1, -0.05) is 52.2 Å². The molecule has 2 atom stereocenters. The standard InChI is InChI=1S/C21H32N4O4/c1-20(2,3)16(17(22)26)23-18(27)25-15-10-6-5-9-14(15)24(19(25)28)13-21(29)11-7-4-8-12-21/h5-6,10,14,16,29H,4,7-9,11-13H2,1-3H3,(H2,22,26)(H,23,27)/t14?,16-/m1/s1. The molecular formula is C21H32N4O4. The molecule has 0 aromatic carbocycles. The normalized spacial score (nSPS) is 24.8. The fourth-order valence-electron chi connectivity index (χ4n) is 4.46. The summed E-state index contributed by atoms with van der Waals surface area (Å²) in [5, 5.41) is 13.6. The summed E-state index contributed by atoms with van der Waals surface area (Å²) in [5.74, 6) is -0.653. The lowest BCUT2D eigenvalue weighted by Crippen LogP contribution is -2.56. The van der Waals surface area contributed by atoms with E-state index in [2.05, 4.69) is 5.32 Å². The molecule has 1 saturated carbocycles. The van der Waals surface area contributed by atoms with Crippen molar-refractivity contribution in [1.29, 1.82) is 0 Å². The summed E-state index contributed by atoms with van der Waals surface area (Å²) in [6, 6.07) is -2.36. The molecule has 0 bridgehead atoms. The minimum atomic E-state index is -0.923. The van der Waals surface area contributed by atoms with E-state index < -0.39 is 35.0 Å². The van der Waals surface area contributed by atoms with Crippen LogP contribution in [0.3, 0.4) is 0 Å². The molecule has 3 rings (SSSR count). The van der Waals surface area contributed by atoms with Crippen LogP contribution in [0.25, 0.3) is 0 Å². The van der Waals surface area contributed by atoms with Gasteiger partial charge < -0.3 is 21.1 Å². The average molecular weight is 405 g/mol. The van der Waals surface area contributed by atoms with E-state index in [9.17, 15) is 19.5 Å². The van der Waals surface area contributed by atoms with Gasteiger partial charge in [0.1, 0.15) is 6.04 Å². The van der Waals surface area contributed by atoms with Crippen molar-refractivity contribution >= 4 is 18.0 Å². The Balaban J connectivity index is 1.84. The summed E-state index contributed by atoms with van der Waals surface area (Å²) >= 11 is 0. The number of carbonyl (C=O) groups excluding carboxylic acids is 3. The smallest absolute Gasteiger partial charge is 0.333 e. The second-order valence-corrected chi connectivity index (χ2v) is 9.45. The fourth-order valence-corrected chi connectivity index (χ4v) is 4.46. The minimum Gasteiger partial charge on any atom is -0.388 e. The molecule has 0 radical (unpaired) electrons. The van der Waals surface area contributed by atoms with Crippen LogP contribution in [0.5, 0.6) is 0 Å². The van der Waals surface area contributed by atoms with Gasteiger partial charge in [0.05, 0.1) is 23.9 Å². The van der Waals surface area contributed by atoms with Crippen LogP contribution in [0.15, 0.2) is 23.9 Å². The molecule has 1 unspecified atom stereocenters. The van der Waals surface area contributed by atoms with E-state index in [-0.39, 0.29) is 12.6 Å². The largest absolute Gasteiger partial charge is 0.388 e. The maximum absolute atomic E-state index is 13.2. The van der Waals surface area contributed by atoms with Crippen molar-refractivity contribution in [1.82, 2.24) is 15.1 Å². The number of hydrogen-bond donors (Lipinski definition) is 3. The molecule has 1 aliphatic heterocycles. The SMILES string of the molecule is CC(C)(C)[C@H](NC(=O)N1C(=O)N(CC2(O)CCCCC2)C2CC=CC=C21)C(N)=O. The van der Waals surface area contributed by atoms with Crippen molar-refractivity contribution < 1.29 is 19.5 Å². The zero-order valence-electron chi connectivity index (χ0n) is 17.5. The van der Waals surface area contributed by atoms with Crippen molar-refractivity contribution in [2.24, 2.45) is 11.1 Å². The van der Waals surface area contributed by atoms with Crippen LogP contribution < -0.4 is 11.1 Å². The van der Waals surface area contributed by atoms with Gasteiger partial charge in [-0.25, -0.2) is 14.5 Å². The Morgan fingerprint density at radius 1 is 1.31 bits per heavy atom. The van der Waals surface area contributed by atoms with E-state index in [0.29, 0.717) is 25.0 Å². The van der Waals surface area contributed by atoms with Gasteiger partial charge in [-0.3, -0.25) is 4.79 Å². The Bertz CT molecular complexity index is 746. The third-order valence-electron chi connectivity index (χ3n) is 6.05. The van der Waals surface area contributed by atoms with E-state index in [1.54, 1.807) is 31.7 Å². The first kappa shape index (κ1) is 21.4. The number of nitrogens with two attached hydrogens (primary N) is 1. The Hall–Kier alpha value is -2.35. The quantitative estimate of drug-likeness (QED) is 0.666. The highest BCUT2D eigenvalue weighted by atomic mass is 16.3. The topological polar surface area (TPSA) is 116 Å². The number of fused-ring (bicyclic) bond motifs is 1. The summed E-state index contributed by atoms with van der Waals surface area (Å²) in [6.07, 6.45) is 10.3. The number of nitrogens with one attached hydrogen (secondary N) is 1. The second-order valence-electron chi connectivity index (χ2n) is 9.45. The first-order valence-corrected chi connectivity index (χ1v) is 10.3. The van der Waals surface area contributed by atoms with Gasteiger partial charge in [-0.2, -0.15) is 0 Å². The number of aliphatic hydroxyl groups is 1. The zero-order valence-corrected chi connectivity index (χ0v) is 17.5. The van der Waals surface area contributed by atoms with E-state index in [1.807, 2.05) is 12.2 Å². The van der Waals surface area contributed by atoms with E-state index in [4.69, 9.17) is 5.73 Å². The van der Waals surface area contributed by atoms with Crippen LogP contribution >= 0.6 is 0 Å². The lowest BCUT2D eigenvalue weighted by Gasteiger charge is -2.37. The van der Waals surface area contributed by atoms with E-state index in [0.717, 1.165) is 24.2 Å². The fraction of sp³-hybridized carbons (Fsp3) is 0.667. The van der Waals surface area contributed by atoms with Crippen molar-refractivity contribution in [3.8, 4) is 0 Å². The third-order valence-corrected chi connectivity index (χ3v) is 6.05. The van der Waals surface area contributed by atoms with Crippen LogP contribution in [0.2, 0.25) is 0 Å². The molecule has 8 nitrogen and oxygen atoms in total. The zero-order chi connectivity index (χ0) is 21.4. The highest BCUT2D eigenvalue weighted by Crippen LogP contribution is 2.36. The highest BCUT2D eigenvalue weighted by molar-refractivity contribution is 6.00. The number of carbonyl (C=O) groups is 3. The Morgan fingerprint density at radius 3 is 2.55 bits per heavy atom. The molecule has 3 aliphatic rings. The molecule has 5 amide bonds. The molecule has 0 spiro atoms. The number of urea groups is 2. The summed E-state index contributed by atoms with van der Waals surface area (Å²) in [5.41, 5.74) is 4.52. The predicted octanol–water partition coefficient (Wildman–Crippen LogP) is 2.24.